The first-order valence-electron chi connectivity index (χ1n) is 7.66. The van der Waals surface area contributed by atoms with Gasteiger partial charge in [-0.2, -0.15) is 0 Å². The second-order valence-electron chi connectivity index (χ2n) is 6.34. The van der Waals surface area contributed by atoms with Crippen molar-refractivity contribution < 1.29 is 13.7 Å². The van der Waals surface area contributed by atoms with Crippen LogP contribution in [0, 0.1) is 6.92 Å². The number of thiazole rings is 1. The van der Waals surface area contributed by atoms with E-state index < -0.39 is 22.5 Å². The summed E-state index contributed by atoms with van der Waals surface area (Å²) in [6.45, 7) is 7.88. The average Bonchev–Trinajstić information content (AvgIpc) is 2.87. The third-order valence-corrected chi connectivity index (χ3v) is 5.34. The highest BCUT2D eigenvalue weighted by atomic mass is 32.2. The SMILES string of the molecule is Cc1ccc2sc(S(=O)/C=C/CCNC(=O)OC(C)(C)C)nc2c1. The van der Waals surface area contributed by atoms with Gasteiger partial charge in [0.2, 0.25) is 0 Å². The highest BCUT2D eigenvalue weighted by Crippen LogP contribution is 2.25. The van der Waals surface area contributed by atoms with Gasteiger partial charge in [0, 0.05) is 12.0 Å². The third kappa shape index (κ3) is 5.72. The number of amides is 1. The molecule has 1 atom stereocenters. The van der Waals surface area contributed by atoms with Crippen LogP contribution in [0.5, 0.6) is 0 Å². The summed E-state index contributed by atoms with van der Waals surface area (Å²) in [6.07, 6.45) is 1.92. The minimum atomic E-state index is -1.27. The molecule has 0 aliphatic carbocycles. The number of nitrogens with zero attached hydrogens (tertiary/aromatic N) is 1. The zero-order chi connectivity index (χ0) is 17.7. The maximum atomic E-state index is 12.2. The van der Waals surface area contributed by atoms with E-state index in [2.05, 4.69) is 10.3 Å². The quantitative estimate of drug-likeness (QED) is 0.808. The number of carbonyl (C=O) groups excluding carboxylic acids is 1. The second kappa shape index (κ2) is 7.90. The molecule has 1 amide bonds. The molecule has 1 aromatic carbocycles. The molecule has 5 nitrogen and oxygen atoms in total. The molecule has 1 N–H and O–H groups in total. The van der Waals surface area contributed by atoms with Crippen LogP contribution in [0.2, 0.25) is 0 Å². The van der Waals surface area contributed by atoms with E-state index >= 15 is 0 Å². The number of fused-ring (bicyclic) bond motifs is 1. The second-order valence-corrected chi connectivity index (χ2v) is 8.88. The fourth-order valence-corrected chi connectivity index (χ4v) is 3.95. The van der Waals surface area contributed by atoms with Crippen molar-refractivity contribution in [2.24, 2.45) is 0 Å². The zero-order valence-electron chi connectivity index (χ0n) is 14.3. The van der Waals surface area contributed by atoms with Crippen molar-refractivity contribution in [2.45, 2.75) is 44.1 Å². The molecular weight excluding hydrogens is 344 g/mol. The van der Waals surface area contributed by atoms with E-state index in [9.17, 15) is 9.00 Å². The number of nitrogens with one attached hydrogen (secondary N) is 1. The number of rotatable bonds is 5. The molecule has 0 radical (unpaired) electrons. The van der Waals surface area contributed by atoms with Crippen molar-refractivity contribution in [2.75, 3.05) is 6.54 Å². The number of hydrogen-bond acceptors (Lipinski definition) is 5. The lowest BCUT2D eigenvalue weighted by Crippen LogP contribution is -2.32. The van der Waals surface area contributed by atoms with Crippen molar-refractivity contribution in [3.05, 3.63) is 35.2 Å². The summed E-state index contributed by atoms with van der Waals surface area (Å²) in [5.41, 5.74) is 1.50. The molecule has 0 spiro atoms. The van der Waals surface area contributed by atoms with E-state index in [4.69, 9.17) is 4.74 Å². The van der Waals surface area contributed by atoms with Gasteiger partial charge in [0.25, 0.3) is 0 Å². The Morgan fingerprint density at radius 3 is 2.88 bits per heavy atom. The number of ether oxygens (including phenoxy) is 1. The van der Waals surface area contributed by atoms with Crippen molar-refractivity contribution in [3.63, 3.8) is 0 Å². The van der Waals surface area contributed by atoms with Crippen molar-refractivity contribution in [3.8, 4) is 0 Å². The van der Waals surface area contributed by atoms with E-state index in [1.807, 2.05) is 45.9 Å². The van der Waals surface area contributed by atoms with Crippen LogP contribution in [-0.2, 0) is 15.5 Å². The first kappa shape index (κ1) is 18.6. The van der Waals surface area contributed by atoms with Crippen LogP contribution >= 0.6 is 11.3 Å². The largest absolute Gasteiger partial charge is 0.444 e. The van der Waals surface area contributed by atoms with Crippen LogP contribution in [0.1, 0.15) is 32.8 Å². The average molecular weight is 367 g/mol. The van der Waals surface area contributed by atoms with E-state index in [-0.39, 0.29) is 0 Å². The number of aromatic nitrogens is 1. The Bertz CT molecular complexity index is 776. The molecule has 0 aliphatic rings. The maximum Gasteiger partial charge on any atom is 0.407 e. The maximum absolute atomic E-state index is 12.2. The molecule has 7 heteroatoms. The Morgan fingerprint density at radius 1 is 1.42 bits per heavy atom. The predicted molar refractivity (Wildman–Crippen MR) is 98.8 cm³/mol. The summed E-state index contributed by atoms with van der Waals surface area (Å²) >= 11 is 1.44. The van der Waals surface area contributed by atoms with E-state index in [1.165, 1.54) is 11.3 Å². The fraction of sp³-hybridized carbons (Fsp3) is 0.412. The Hall–Kier alpha value is -1.73. The van der Waals surface area contributed by atoms with Crippen LogP contribution in [0.3, 0.4) is 0 Å². The number of carbonyl (C=O) groups is 1. The Morgan fingerprint density at radius 2 is 2.17 bits per heavy atom. The van der Waals surface area contributed by atoms with Crippen LogP contribution < -0.4 is 5.32 Å². The Balaban J connectivity index is 1.83. The molecule has 130 valence electrons. The summed E-state index contributed by atoms with van der Waals surface area (Å²) in [5, 5.41) is 4.27. The van der Waals surface area contributed by atoms with Crippen molar-refractivity contribution in [1.82, 2.24) is 10.3 Å². The van der Waals surface area contributed by atoms with Gasteiger partial charge in [0.05, 0.1) is 10.2 Å². The van der Waals surface area contributed by atoms with Gasteiger partial charge in [-0.05, 0) is 51.8 Å². The van der Waals surface area contributed by atoms with Gasteiger partial charge in [0.1, 0.15) is 16.4 Å². The first-order valence-corrected chi connectivity index (χ1v) is 9.69. The lowest BCUT2D eigenvalue weighted by atomic mass is 10.2. The lowest BCUT2D eigenvalue weighted by Gasteiger charge is -2.19. The standard InChI is InChI=1S/C17H22N2O3S2/c1-12-7-8-14-13(11-12)19-16(23-14)24(21)10-6-5-9-18-15(20)22-17(2,3)4/h6-8,10-11H,5,9H2,1-4H3,(H,18,20)/b10-6+. The molecule has 1 aromatic heterocycles. The molecule has 2 rings (SSSR count). The van der Waals surface area contributed by atoms with Crippen LogP contribution in [0.4, 0.5) is 4.79 Å². The zero-order valence-corrected chi connectivity index (χ0v) is 15.9. The van der Waals surface area contributed by atoms with Gasteiger partial charge < -0.3 is 10.1 Å². The summed E-state index contributed by atoms with van der Waals surface area (Å²) in [7, 11) is -1.27. The molecule has 24 heavy (non-hydrogen) atoms. The van der Waals surface area contributed by atoms with Crippen LogP contribution in [-0.4, -0.2) is 27.4 Å². The molecule has 2 aromatic rings. The van der Waals surface area contributed by atoms with Gasteiger partial charge in [-0.1, -0.05) is 12.1 Å². The van der Waals surface area contributed by atoms with Gasteiger partial charge in [-0.15, -0.1) is 11.3 Å². The predicted octanol–water partition coefficient (Wildman–Crippen LogP) is 4.14. The molecule has 0 bridgehead atoms. The fourth-order valence-electron chi connectivity index (χ4n) is 1.89. The smallest absolute Gasteiger partial charge is 0.407 e. The Kier molecular flexibility index (Phi) is 6.12. The summed E-state index contributed by atoms with van der Waals surface area (Å²) in [4.78, 5) is 15.9. The van der Waals surface area contributed by atoms with E-state index in [1.54, 1.807) is 11.5 Å². The monoisotopic (exact) mass is 366 g/mol. The summed E-state index contributed by atoms with van der Waals surface area (Å²) in [6, 6.07) is 6.00. The first-order chi connectivity index (χ1) is 11.2. The summed E-state index contributed by atoms with van der Waals surface area (Å²) < 4.78 is 19.0. The van der Waals surface area contributed by atoms with E-state index in [0.29, 0.717) is 17.3 Å². The van der Waals surface area contributed by atoms with Gasteiger partial charge in [0.15, 0.2) is 4.34 Å². The highest BCUT2D eigenvalue weighted by molar-refractivity contribution is 7.90. The number of alkyl carbamates (subject to hydrolysis) is 1. The summed E-state index contributed by atoms with van der Waals surface area (Å²) in [5.74, 6) is 0. The number of aryl methyl sites for hydroxylation is 1. The molecule has 0 saturated heterocycles. The lowest BCUT2D eigenvalue weighted by molar-refractivity contribution is 0.0529. The number of benzene rings is 1. The molecule has 0 saturated carbocycles. The normalized spacial score (nSPS) is 13.3. The Labute approximate surface area is 148 Å². The van der Waals surface area contributed by atoms with E-state index in [0.717, 1.165) is 15.8 Å². The van der Waals surface area contributed by atoms with Crippen molar-refractivity contribution >= 4 is 38.4 Å². The van der Waals surface area contributed by atoms with Crippen molar-refractivity contribution in [1.29, 1.82) is 0 Å². The van der Waals surface area contributed by atoms with Crippen LogP contribution in [0.15, 0.2) is 34.0 Å². The van der Waals surface area contributed by atoms with Gasteiger partial charge in [-0.3, -0.25) is 0 Å². The molecule has 0 fully saturated rings. The molecule has 1 heterocycles. The minimum Gasteiger partial charge on any atom is -0.444 e. The number of hydrogen-bond donors (Lipinski definition) is 1. The molecule has 0 aliphatic heterocycles. The third-order valence-electron chi connectivity index (χ3n) is 2.89. The highest BCUT2D eigenvalue weighted by Gasteiger charge is 2.15. The van der Waals surface area contributed by atoms with Gasteiger partial charge in [-0.25, -0.2) is 14.0 Å². The van der Waals surface area contributed by atoms with Gasteiger partial charge >= 0.3 is 6.09 Å². The molecule has 1 unspecified atom stereocenters. The van der Waals surface area contributed by atoms with Crippen LogP contribution in [0.25, 0.3) is 10.2 Å². The topological polar surface area (TPSA) is 68.3 Å². The molecular formula is C17H22N2O3S2. The minimum absolute atomic E-state index is 0.432.